The first-order valence-corrected chi connectivity index (χ1v) is 8.22. The van der Waals surface area contributed by atoms with Gasteiger partial charge in [-0.15, -0.1) is 0 Å². The summed E-state index contributed by atoms with van der Waals surface area (Å²) in [6.45, 7) is 0.154. The van der Waals surface area contributed by atoms with Gasteiger partial charge in [0.15, 0.2) is 0 Å². The first kappa shape index (κ1) is 16.1. The molecule has 0 saturated carbocycles. The molecule has 0 atom stereocenters. The van der Waals surface area contributed by atoms with Crippen molar-refractivity contribution >= 4 is 52.2 Å². The minimum absolute atomic E-state index is 0.154. The van der Waals surface area contributed by atoms with Gasteiger partial charge in [-0.2, -0.15) is 0 Å². The number of imide groups is 1. The van der Waals surface area contributed by atoms with Crippen molar-refractivity contribution in [2.24, 2.45) is 0 Å². The summed E-state index contributed by atoms with van der Waals surface area (Å²) in [5.41, 5.74) is 1.37. The quantitative estimate of drug-likeness (QED) is 0.745. The summed E-state index contributed by atoms with van der Waals surface area (Å²) in [5, 5.41) is 0.503. The van der Waals surface area contributed by atoms with Crippen molar-refractivity contribution in [3.63, 3.8) is 0 Å². The number of carbonyl (C=O) groups excluding carboxylic acids is 2. The van der Waals surface area contributed by atoms with Crippen LogP contribution in [-0.2, 0) is 11.3 Å². The number of thioether (sulfide) groups is 1. The van der Waals surface area contributed by atoms with Gasteiger partial charge in [0.2, 0.25) is 0 Å². The number of carbonyl (C=O) groups is 2. The molecule has 0 bridgehead atoms. The number of pyridine rings is 1. The SMILES string of the molecule is O=C1S/C(=C/c2ccccn2)C(=O)N1Cc1ccc(Cl)c(Cl)c1. The average molecular weight is 365 g/mol. The molecular formula is C16H10Cl2N2O2S. The van der Waals surface area contributed by atoms with Gasteiger partial charge in [0, 0.05) is 6.20 Å². The summed E-state index contributed by atoms with van der Waals surface area (Å²) in [5.74, 6) is -0.336. The molecule has 1 aliphatic heterocycles. The molecule has 1 saturated heterocycles. The molecule has 2 aromatic rings. The molecule has 1 aromatic carbocycles. The summed E-state index contributed by atoms with van der Waals surface area (Å²) in [6, 6.07) is 10.4. The first-order valence-electron chi connectivity index (χ1n) is 6.65. The number of benzene rings is 1. The topological polar surface area (TPSA) is 50.3 Å². The van der Waals surface area contributed by atoms with Crippen molar-refractivity contribution in [1.29, 1.82) is 0 Å². The van der Waals surface area contributed by atoms with E-state index in [2.05, 4.69) is 4.98 Å². The lowest BCUT2D eigenvalue weighted by molar-refractivity contribution is -0.123. The second kappa shape index (κ2) is 6.74. The molecule has 1 aromatic heterocycles. The molecule has 0 N–H and O–H groups in total. The van der Waals surface area contributed by atoms with Gasteiger partial charge < -0.3 is 0 Å². The Balaban J connectivity index is 1.81. The van der Waals surface area contributed by atoms with E-state index >= 15 is 0 Å². The van der Waals surface area contributed by atoms with Gasteiger partial charge in [-0.3, -0.25) is 19.5 Å². The Kier molecular flexibility index (Phi) is 4.71. The van der Waals surface area contributed by atoms with Crippen molar-refractivity contribution in [3.05, 3.63) is 68.8 Å². The van der Waals surface area contributed by atoms with Crippen LogP contribution in [0.3, 0.4) is 0 Å². The predicted molar refractivity (Wildman–Crippen MR) is 92.2 cm³/mol. The minimum atomic E-state index is -0.336. The van der Waals surface area contributed by atoms with Crippen LogP contribution in [0.2, 0.25) is 10.0 Å². The summed E-state index contributed by atoms with van der Waals surface area (Å²) in [7, 11) is 0. The Morgan fingerprint density at radius 1 is 1.13 bits per heavy atom. The molecule has 0 aliphatic carbocycles. The first-order chi connectivity index (χ1) is 11.0. The maximum absolute atomic E-state index is 12.4. The van der Waals surface area contributed by atoms with Gasteiger partial charge in [-0.05, 0) is 47.7 Å². The largest absolute Gasteiger partial charge is 0.293 e. The van der Waals surface area contributed by atoms with E-state index in [4.69, 9.17) is 23.2 Å². The minimum Gasteiger partial charge on any atom is -0.268 e. The molecule has 0 spiro atoms. The van der Waals surface area contributed by atoms with Crippen molar-refractivity contribution in [2.45, 2.75) is 6.54 Å². The number of halogens is 2. The number of hydrogen-bond donors (Lipinski definition) is 0. The van der Waals surface area contributed by atoms with Crippen molar-refractivity contribution in [1.82, 2.24) is 9.88 Å². The summed E-state index contributed by atoms with van der Waals surface area (Å²) in [4.78, 5) is 30.2. The van der Waals surface area contributed by atoms with Crippen LogP contribution in [-0.4, -0.2) is 21.0 Å². The van der Waals surface area contributed by atoms with Gasteiger partial charge in [-0.1, -0.05) is 35.3 Å². The number of aromatic nitrogens is 1. The Bertz CT molecular complexity index is 809. The predicted octanol–water partition coefficient (Wildman–Crippen LogP) is 4.62. The van der Waals surface area contributed by atoms with E-state index in [1.54, 1.807) is 42.6 Å². The van der Waals surface area contributed by atoms with Crippen LogP contribution in [0.1, 0.15) is 11.3 Å². The van der Waals surface area contributed by atoms with Gasteiger partial charge in [0.25, 0.3) is 11.1 Å². The van der Waals surface area contributed by atoms with E-state index in [-0.39, 0.29) is 17.7 Å². The monoisotopic (exact) mass is 364 g/mol. The van der Waals surface area contributed by atoms with E-state index in [1.807, 2.05) is 6.07 Å². The number of rotatable bonds is 3. The number of nitrogens with zero attached hydrogens (tertiary/aromatic N) is 2. The standard InChI is InChI=1S/C16H10Cl2N2O2S/c17-12-5-4-10(7-13(12)18)9-20-15(21)14(23-16(20)22)8-11-3-1-2-6-19-11/h1-8H,9H2/b14-8+. The zero-order chi connectivity index (χ0) is 16.4. The fourth-order valence-corrected chi connectivity index (χ4v) is 3.20. The highest BCUT2D eigenvalue weighted by atomic mass is 35.5. The van der Waals surface area contributed by atoms with Crippen molar-refractivity contribution in [2.75, 3.05) is 0 Å². The van der Waals surface area contributed by atoms with Crippen molar-refractivity contribution < 1.29 is 9.59 Å². The lowest BCUT2D eigenvalue weighted by Crippen LogP contribution is -2.27. The Morgan fingerprint density at radius 2 is 1.96 bits per heavy atom. The third-order valence-corrected chi connectivity index (χ3v) is 4.81. The third kappa shape index (κ3) is 3.58. The number of hydrogen-bond acceptors (Lipinski definition) is 4. The average Bonchev–Trinajstić information content (AvgIpc) is 2.79. The zero-order valence-corrected chi connectivity index (χ0v) is 14.0. The lowest BCUT2D eigenvalue weighted by Gasteiger charge is -2.12. The normalized spacial score (nSPS) is 16.4. The Hall–Kier alpha value is -1.82. The second-order valence-corrected chi connectivity index (χ2v) is 6.58. The van der Waals surface area contributed by atoms with Crippen LogP contribution in [0.4, 0.5) is 4.79 Å². The van der Waals surface area contributed by atoms with Crippen molar-refractivity contribution in [3.8, 4) is 0 Å². The van der Waals surface area contributed by atoms with E-state index < -0.39 is 0 Å². The molecule has 2 heterocycles. The van der Waals surface area contributed by atoms with Gasteiger partial charge in [-0.25, -0.2) is 0 Å². The van der Waals surface area contributed by atoms with Crippen LogP contribution in [0, 0.1) is 0 Å². The summed E-state index contributed by atoms with van der Waals surface area (Å²) < 4.78 is 0. The highest BCUT2D eigenvalue weighted by Crippen LogP contribution is 2.33. The Morgan fingerprint density at radius 3 is 2.65 bits per heavy atom. The molecule has 1 aliphatic rings. The summed E-state index contributed by atoms with van der Waals surface area (Å²) >= 11 is 12.7. The van der Waals surface area contributed by atoms with Gasteiger partial charge in [0.1, 0.15) is 0 Å². The highest BCUT2D eigenvalue weighted by molar-refractivity contribution is 8.18. The van der Waals surface area contributed by atoms with Crippen LogP contribution in [0.5, 0.6) is 0 Å². The molecule has 0 radical (unpaired) electrons. The van der Waals surface area contributed by atoms with Gasteiger partial charge >= 0.3 is 0 Å². The second-order valence-electron chi connectivity index (χ2n) is 4.77. The fourth-order valence-electron chi connectivity index (χ4n) is 2.05. The van der Waals surface area contributed by atoms with Gasteiger partial charge in [0.05, 0.1) is 27.2 Å². The smallest absolute Gasteiger partial charge is 0.268 e. The van der Waals surface area contributed by atoms with Crippen LogP contribution in [0.25, 0.3) is 6.08 Å². The van der Waals surface area contributed by atoms with Crippen LogP contribution in [0.15, 0.2) is 47.5 Å². The molecule has 2 amide bonds. The molecule has 23 heavy (non-hydrogen) atoms. The third-order valence-electron chi connectivity index (χ3n) is 3.17. The zero-order valence-electron chi connectivity index (χ0n) is 11.7. The van der Waals surface area contributed by atoms with Crippen LogP contribution < -0.4 is 0 Å². The molecule has 0 unspecified atom stereocenters. The molecule has 116 valence electrons. The Labute approximate surface area is 147 Å². The maximum Gasteiger partial charge on any atom is 0.293 e. The molecular weight excluding hydrogens is 355 g/mol. The maximum atomic E-state index is 12.4. The van der Waals surface area contributed by atoms with E-state index in [1.165, 1.54) is 4.90 Å². The molecule has 3 rings (SSSR count). The number of amides is 2. The van der Waals surface area contributed by atoms with E-state index in [0.29, 0.717) is 20.6 Å². The molecule has 1 fully saturated rings. The molecule has 4 nitrogen and oxygen atoms in total. The highest BCUT2D eigenvalue weighted by Gasteiger charge is 2.35. The van der Waals surface area contributed by atoms with E-state index in [0.717, 1.165) is 17.3 Å². The molecule has 7 heteroatoms. The fraction of sp³-hybridized carbons (Fsp3) is 0.0625. The summed E-state index contributed by atoms with van der Waals surface area (Å²) in [6.07, 6.45) is 3.24. The lowest BCUT2D eigenvalue weighted by atomic mass is 10.2. The van der Waals surface area contributed by atoms with E-state index in [9.17, 15) is 9.59 Å². The van der Waals surface area contributed by atoms with Crippen LogP contribution >= 0.6 is 35.0 Å².